The predicted octanol–water partition coefficient (Wildman–Crippen LogP) is 1.72. The molecule has 122 valence electrons. The molecule has 0 aliphatic rings. The van der Waals surface area contributed by atoms with Gasteiger partial charge in [0.15, 0.2) is 5.69 Å². The highest BCUT2D eigenvalue weighted by Gasteiger charge is 2.12. The van der Waals surface area contributed by atoms with Crippen molar-refractivity contribution in [2.45, 2.75) is 13.0 Å². The van der Waals surface area contributed by atoms with Gasteiger partial charge in [-0.05, 0) is 18.2 Å². The lowest BCUT2D eigenvalue weighted by molar-refractivity contribution is -0.120. The summed E-state index contributed by atoms with van der Waals surface area (Å²) in [4.78, 5) is 26.7. The number of carbonyl (C=O) groups excluding carboxylic acids is 1. The zero-order valence-electron chi connectivity index (χ0n) is 12.7. The number of carboxylic acid groups (broad SMARTS) is 1. The number of methoxy groups -OCH3 is 2. The van der Waals surface area contributed by atoms with Crippen molar-refractivity contribution < 1.29 is 24.2 Å². The number of aromatic carboxylic acids is 1. The minimum absolute atomic E-state index is 0.0197. The SMILES string of the molecule is COc1ccc(OC)c(CC(=O)NCc2nc(C(=O)O)cs2)c1. The fourth-order valence-electron chi connectivity index (χ4n) is 1.92. The van der Waals surface area contributed by atoms with Crippen LogP contribution in [0.2, 0.25) is 0 Å². The molecule has 0 aliphatic heterocycles. The number of hydrogen-bond donors (Lipinski definition) is 2. The molecule has 0 radical (unpaired) electrons. The third-order valence-electron chi connectivity index (χ3n) is 3.05. The van der Waals surface area contributed by atoms with Crippen LogP contribution in [0.25, 0.3) is 0 Å². The van der Waals surface area contributed by atoms with Crippen LogP contribution in [-0.4, -0.2) is 36.2 Å². The third kappa shape index (κ3) is 4.43. The quantitative estimate of drug-likeness (QED) is 0.799. The molecule has 0 unspecified atom stereocenters. The van der Waals surface area contributed by atoms with Gasteiger partial charge in [-0.2, -0.15) is 0 Å². The normalized spacial score (nSPS) is 10.2. The number of amides is 1. The van der Waals surface area contributed by atoms with Crippen molar-refractivity contribution in [2.75, 3.05) is 14.2 Å². The molecule has 2 aromatic rings. The number of hydrogen-bond acceptors (Lipinski definition) is 6. The summed E-state index contributed by atoms with van der Waals surface area (Å²) in [6.45, 7) is 0.184. The first-order chi connectivity index (χ1) is 11.0. The lowest BCUT2D eigenvalue weighted by atomic mass is 10.1. The van der Waals surface area contributed by atoms with E-state index in [0.29, 0.717) is 22.1 Å². The fraction of sp³-hybridized carbons (Fsp3) is 0.267. The first-order valence-corrected chi connectivity index (χ1v) is 7.56. The molecule has 0 aliphatic carbocycles. The standard InChI is InChI=1S/C15H16N2O5S/c1-21-10-3-4-12(22-2)9(5-10)6-13(18)16-7-14-17-11(8-23-14)15(19)20/h3-5,8H,6-7H2,1-2H3,(H,16,18)(H,19,20). The number of nitrogens with one attached hydrogen (secondary N) is 1. The van der Waals surface area contributed by atoms with Gasteiger partial charge in [-0.3, -0.25) is 4.79 Å². The molecule has 2 N–H and O–H groups in total. The molecule has 2 rings (SSSR count). The van der Waals surface area contributed by atoms with Gasteiger partial charge in [-0.1, -0.05) is 0 Å². The molecule has 23 heavy (non-hydrogen) atoms. The summed E-state index contributed by atoms with van der Waals surface area (Å²) < 4.78 is 10.4. The van der Waals surface area contributed by atoms with E-state index in [-0.39, 0.29) is 24.6 Å². The van der Waals surface area contributed by atoms with Crippen LogP contribution in [0.1, 0.15) is 21.1 Å². The molecule has 0 fully saturated rings. The Balaban J connectivity index is 1.97. The Bertz CT molecular complexity index is 714. The van der Waals surface area contributed by atoms with Crippen LogP contribution in [0.3, 0.4) is 0 Å². The maximum absolute atomic E-state index is 12.0. The first kappa shape index (κ1) is 16.8. The molecule has 1 amide bonds. The van der Waals surface area contributed by atoms with Gasteiger partial charge in [0.25, 0.3) is 0 Å². The van der Waals surface area contributed by atoms with E-state index in [0.717, 1.165) is 0 Å². The molecule has 1 aromatic carbocycles. The van der Waals surface area contributed by atoms with E-state index in [2.05, 4.69) is 10.3 Å². The number of aromatic nitrogens is 1. The summed E-state index contributed by atoms with van der Waals surface area (Å²) in [6.07, 6.45) is 0.123. The molecule has 0 saturated carbocycles. The maximum atomic E-state index is 12.0. The number of rotatable bonds is 7. The van der Waals surface area contributed by atoms with Crippen molar-refractivity contribution in [1.82, 2.24) is 10.3 Å². The van der Waals surface area contributed by atoms with E-state index in [9.17, 15) is 9.59 Å². The fourth-order valence-corrected chi connectivity index (χ4v) is 2.63. The number of ether oxygens (including phenoxy) is 2. The van der Waals surface area contributed by atoms with Crippen molar-refractivity contribution >= 4 is 23.2 Å². The van der Waals surface area contributed by atoms with Crippen LogP contribution in [0.4, 0.5) is 0 Å². The van der Waals surface area contributed by atoms with Crippen LogP contribution < -0.4 is 14.8 Å². The van der Waals surface area contributed by atoms with Crippen molar-refractivity contribution in [2.24, 2.45) is 0 Å². The molecule has 0 bridgehead atoms. The van der Waals surface area contributed by atoms with Gasteiger partial charge < -0.3 is 19.9 Å². The lowest BCUT2D eigenvalue weighted by Gasteiger charge is -2.10. The van der Waals surface area contributed by atoms with Crippen molar-refractivity contribution in [3.8, 4) is 11.5 Å². The van der Waals surface area contributed by atoms with Crippen molar-refractivity contribution in [1.29, 1.82) is 0 Å². The molecule has 1 aromatic heterocycles. The largest absolute Gasteiger partial charge is 0.497 e. The highest BCUT2D eigenvalue weighted by molar-refractivity contribution is 7.09. The molecule has 0 saturated heterocycles. The Labute approximate surface area is 136 Å². The third-order valence-corrected chi connectivity index (χ3v) is 3.90. The smallest absolute Gasteiger partial charge is 0.355 e. The minimum Gasteiger partial charge on any atom is -0.497 e. The van der Waals surface area contributed by atoms with Crippen molar-refractivity contribution in [3.05, 3.63) is 39.8 Å². The van der Waals surface area contributed by atoms with Crippen LogP contribution in [0.5, 0.6) is 11.5 Å². The van der Waals surface area contributed by atoms with Crippen LogP contribution >= 0.6 is 11.3 Å². The topological polar surface area (TPSA) is 97.8 Å². The first-order valence-electron chi connectivity index (χ1n) is 6.68. The number of thiazole rings is 1. The Morgan fingerprint density at radius 2 is 2.09 bits per heavy atom. The average molecular weight is 336 g/mol. The number of nitrogens with zero attached hydrogens (tertiary/aromatic N) is 1. The highest BCUT2D eigenvalue weighted by Crippen LogP contribution is 2.24. The molecule has 1 heterocycles. The molecular formula is C15H16N2O5S. The Morgan fingerprint density at radius 3 is 2.70 bits per heavy atom. The molecule has 0 spiro atoms. The minimum atomic E-state index is -1.08. The van der Waals surface area contributed by atoms with Crippen molar-refractivity contribution in [3.63, 3.8) is 0 Å². The van der Waals surface area contributed by atoms with E-state index >= 15 is 0 Å². The second-order valence-electron chi connectivity index (χ2n) is 4.56. The van der Waals surface area contributed by atoms with Gasteiger partial charge in [0.2, 0.25) is 5.91 Å². The summed E-state index contributed by atoms with van der Waals surface area (Å²) in [7, 11) is 3.08. The summed E-state index contributed by atoms with van der Waals surface area (Å²) >= 11 is 1.19. The molecular weight excluding hydrogens is 320 g/mol. The van der Waals surface area contributed by atoms with Gasteiger partial charge in [-0.15, -0.1) is 11.3 Å². The lowest BCUT2D eigenvalue weighted by Crippen LogP contribution is -2.24. The second kappa shape index (κ2) is 7.59. The molecule has 7 nitrogen and oxygen atoms in total. The maximum Gasteiger partial charge on any atom is 0.355 e. The Morgan fingerprint density at radius 1 is 1.30 bits per heavy atom. The number of carbonyl (C=O) groups is 2. The van der Waals surface area contributed by atoms with E-state index in [1.54, 1.807) is 25.3 Å². The predicted molar refractivity (Wildman–Crippen MR) is 84.2 cm³/mol. The number of carboxylic acids is 1. The van der Waals surface area contributed by atoms with Crippen LogP contribution in [0, 0.1) is 0 Å². The summed E-state index contributed by atoms with van der Waals surface area (Å²) in [5, 5.41) is 13.5. The Hall–Kier alpha value is -2.61. The molecule has 0 atom stereocenters. The Kier molecular flexibility index (Phi) is 5.53. The average Bonchev–Trinajstić information content (AvgIpc) is 3.02. The van der Waals surface area contributed by atoms with Crippen LogP contribution in [0.15, 0.2) is 23.6 Å². The van der Waals surface area contributed by atoms with E-state index in [1.165, 1.54) is 23.8 Å². The van der Waals surface area contributed by atoms with Crippen LogP contribution in [-0.2, 0) is 17.8 Å². The van der Waals surface area contributed by atoms with Gasteiger partial charge >= 0.3 is 5.97 Å². The van der Waals surface area contributed by atoms with E-state index < -0.39 is 5.97 Å². The highest BCUT2D eigenvalue weighted by atomic mass is 32.1. The zero-order chi connectivity index (χ0) is 16.8. The summed E-state index contributed by atoms with van der Waals surface area (Å²) in [5.74, 6) is -0.0634. The van der Waals surface area contributed by atoms with Gasteiger partial charge in [-0.25, -0.2) is 9.78 Å². The van der Waals surface area contributed by atoms with Gasteiger partial charge in [0.1, 0.15) is 16.5 Å². The summed E-state index contributed by atoms with van der Waals surface area (Å²) in [6, 6.07) is 5.23. The van der Waals surface area contributed by atoms with Gasteiger partial charge in [0.05, 0.1) is 27.2 Å². The van der Waals surface area contributed by atoms with E-state index in [1.807, 2.05) is 0 Å². The number of benzene rings is 1. The molecule has 8 heteroatoms. The van der Waals surface area contributed by atoms with Gasteiger partial charge in [0, 0.05) is 10.9 Å². The monoisotopic (exact) mass is 336 g/mol. The summed E-state index contributed by atoms with van der Waals surface area (Å²) in [5.41, 5.74) is 0.684. The zero-order valence-corrected chi connectivity index (χ0v) is 13.5. The van der Waals surface area contributed by atoms with E-state index in [4.69, 9.17) is 14.6 Å². The second-order valence-corrected chi connectivity index (χ2v) is 5.51.